The number of alkyl halides is 3. The molecule has 0 saturated carbocycles. The van der Waals surface area contributed by atoms with Crippen molar-refractivity contribution in [3.05, 3.63) is 58.3 Å². The summed E-state index contributed by atoms with van der Waals surface area (Å²) in [5.41, 5.74) is -2.51. The van der Waals surface area contributed by atoms with Gasteiger partial charge < -0.3 is 5.32 Å². The van der Waals surface area contributed by atoms with E-state index in [1.54, 1.807) is 18.2 Å². The molecule has 1 amide bonds. The third kappa shape index (κ3) is 4.92. The fraction of sp³-hybridized carbons (Fsp3) is 0.200. The van der Waals surface area contributed by atoms with Crippen molar-refractivity contribution in [3.8, 4) is 0 Å². The van der Waals surface area contributed by atoms with Gasteiger partial charge in [-0.25, -0.2) is 4.98 Å². The van der Waals surface area contributed by atoms with Gasteiger partial charge in [0.1, 0.15) is 0 Å². The number of benzene rings is 1. The SMILES string of the molecule is CC(Sc1ccccn1)C(=O)Nc1ccc([N+](=O)[O-])cc1C(F)(F)F. The van der Waals surface area contributed by atoms with Crippen molar-refractivity contribution in [2.75, 3.05) is 5.32 Å². The van der Waals surface area contributed by atoms with Crippen molar-refractivity contribution in [3.63, 3.8) is 0 Å². The Morgan fingerprint density at radius 1 is 1.32 bits per heavy atom. The molecule has 0 bridgehead atoms. The number of pyridine rings is 1. The number of nitrogens with one attached hydrogen (secondary N) is 1. The molecular formula is C15H12F3N3O3S. The predicted molar refractivity (Wildman–Crippen MR) is 86.3 cm³/mol. The van der Waals surface area contributed by atoms with E-state index in [9.17, 15) is 28.1 Å². The van der Waals surface area contributed by atoms with E-state index in [2.05, 4.69) is 10.3 Å². The second kappa shape index (κ2) is 7.51. The highest BCUT2D eigenvalue weighted by atomic mass is 32.2. The van der Waals surface area contributed by atoms with Crippen LogP contribution >= 0.6 is 11.8 Å². The maximum Gasteiger partial charge on any atom is 0.418 e. The van der Waals surface area contributed by atoms with E-state index in [1.807, 2.05) is 0 Å². The number of rotatable bonds is 5. The van der Waals surface area contributed by atoms with Crippen LogP contribution in [0.3, 0.4) is 0 Å². The zero-order valence-electron chi connectivity index (χ0n) is 12.8. The first-order valence-corrected chi connectivity index (χ1v) is 7.80. The van der Waals surface area contributed by atoms with Gasteiger partial charge in [0.15, 0.2) is 0 Å². The molecule has 25 heavy (non-hydrogen) atoms. The summed E-state index contributed by atoms with van der Waals surface area (Å²) in [6.07, 6.45) is -3.31. The van der Waals surface area contributed by atoms with Gasteiger partial charge in [0.25, 0.3) is 5.69 Å². The minimum absolute atomic E-state index is 0.395. The van der Waals surface area contributed by atoms with E-state index in [-0.39, 0.29) is 0 Å². The highest BCUT2D eigenvalue weighted by Crippen LogP contribution is 2.37. The summed E-state index contributed by atoms with van der Waals surface area (Å²) in [5.74, 6) is -0.671. The van der Waals surface area contributed by atoms with E-state index < -0.39 is 39.2 Å². The summed E-state index contributed by atoms with van der Waals surface area (Å²) >= 11 is 1.08. The number of non-ortho nitro benzene ring substituents is 1. The molecule has 132 valence electrons. The number of nitro benzene ring substituents is 1. The molecule has 1 aromatic carbocycles. The molecule has 1 N–H and O–H groups in total. The summed E-state index contributed by atoms with van der Waals surface area (Å²) in [5, 5.41) is 12.7. The van der Waals surface area contributed by atoms with Crippen LogP contribution < -0.4 is 5.32 Å². The molecule has 0 aliphatic heterocycles. The number of aromatic nitrogens is 1. The Labute approximate surface area is 144 Å². The molecule has 1 heterocycles. The average molecular weight is 371 g/mol. The third-order valence-electron chi connectivity index (χ3n) is 3.08. The van der Waals surface area contributed by atoms with Crippen molar-refractivity contribution in [1.29, 1.82) is 0 Å². The molecule has 0 saturated heterocycles. The molecule has 0 aliphatic rings. The first kappa shape index (κ1) is 18.7. The number of anilines is 1. The lowest BCUT2D eigenvalue weighted by atomic mass is 10.1. The Morgan fingerprint density at radius 3 is 2.60 bits per heavy atom. The Balaban J connectivity index is 2.21. The van der Waals surface area contributed by atoms with Crippen LogP contribution in [0, 0.1) is 10.1 Å². The van der Waals surface area contributed by atoms with E-state index in [4.69, 9.17) is 0 Å². The number of carbonyl (C=O) groups excluding carboxylic acids is 1. The summed E-state index contributed by atoms with van der Waals surface area (Å²) in [6.45, 7) is 1.52. The number of thioether (sulfide) groups is 1. The zero-order chi connectivity index (χ0) is 18.6. The van der Waals surface area contributed by atoms with Gasteiger partial charge in [-0.3, -0.25) is 14.9 Å². The summed E-state index contributed by atoms with van der Waals surface area (Å²) in [7, 11) is 0. The van der Waals surface area contributed by atoms with Gasteiger partial charge in [0.05, 0.1) is 26.5 Å². The quantitative estimate of drug-likeness (QED) is 0.485. The third-order valence-corrected chi connectivity index (χ3v) is 4.13. The number of amides is 1. The normalized spacial score (nSPS) is 12.5. The lowest BCUT2D eigenvalue weighted by Gasteiger charge is -2.16. The number of carbonyl (C=O) groups is 1. The first-order valence-electron chi connectivity index (χ1n) is 6.92. The Hall–Kier alpha value is -2.62. The Bertz CT molecular complexity index is 785. The fourth-order valence-corrected chi connectivity index (χ4v) is 2.68. The molecule has 1 atom stereocenters. The van der Waals surface area contributed by atoms with E-state index in [0.717, 1.165) is 23.9 Å². The minimum Gasteiger partial charge on any atom is -0.325 e. The van der Waals surface area contributed by atoms with Gasteiger partial charge in [0.2, 0.25) is 5.91 Å². The van der Waals surface area contributed by atoms with Crippen LogP contribution in [-0.2, 0) is 11.0 Å². The predicted octanol–water partition coefficient (Wildman–Crippen LogP) is 4.13. The zero-order valence-corrected chi connectivity index (χ0v) is 13.6. The average Bonchev–Trinajstić information content (AvgIpc) is 2.54. The highest BCUT2D eigenvalue weighted by Gasteiger charge is 2.36. The largest absolute Gasteiger partial charge is 0.418 e. The molecule has 10 heteroatoms. The second-order valence-electron chi connectivity index (χ2n) is 4.90. The summed E-state index contributed by atoms with van der Waals surface area (Å²) < 4.78 is 39.3. The highest BCUT2D eigenvalue weighted by molar-refractivity contribution is 8.00. The van der Waals surface area contributed by atoms with Gasteiger partial charge in [-0.05, 0) is 25.1 Å². The number of nitrogens with zero attached hydrogens (tertiary/aromatic N) is 2. The van der Waals surface area contributed by atoms with E-state index in [0.29, 0.717) is 11.1 Å². The van der Waals surface area contributed by atoms with Gasteiger partial charge in [-0.15, -0.1) is 0 Å². The topological polar surface area (TPSA) is 85.1 Å². The standard InChI is InChI=1S/C15H12F3N3O3S/c1-9(25-13-4-2-3-7-19-13)14(22)20-12-6-5-10(21(23)24)8-11(12)15(16,17)18/h2-9H,1H3,(H,20,22). The van der Waals surface area contributed by atoms with Crippen LogP contribution in [-0.4, -0.2) is 21.1 Å². The minimum atomic E-state index is -4.84. The smallest absolute Gasteiger partial charge is 0.325 e. The fourth-order valence-electron chi connectivity index (χ4n) is 1.88. The molecule has 2 rings (SSSR count). The van der Waals surface area contributed by atoms with Gasteiger partial charge >= 0.3 is 6.18 Å². The number of nitro groups is 1. The van der Waals surface area contributed by atoms with Crippen LogP contribution in [0.15, 0.2) is 47.6 Å². The summed E-state index contributed by atoms with van der Waals surface area (Å²) in [6, 6.07) is 7.26. The van der Waals surface area contributed by atoms with Crippen LogP contribution in [0.1, 0.15) is 12.5 Å². The molecule has 2 aromatic rings. The Kier molecular flexibility index (Phi) is 5.62. The maximum absolute atomic E-state index is 13.1. The van der Waals surface area contributed by atoms with Crippen molar-refractivity contribution in [1.82, 2.24) is 4.98 Å². The molecule has 6 nitrogen and oxygen atoms in total. The maximum atomic E-state index is 13.1. The molecule has 0 spiro atoms. The molecule has 1 aromatic heterocycles. The van der Waals surface area contributed by atoms with Crippen LogP contribution in [0.2, 0.25) is 0 Å². The molecule has 1 unspecified atom stereocenters. The molecular weight excluding hydrogens is 359 g/mol. The number of hydrogen-bond acceptors (Lipinski definition) is 5. The number of halogens is 3. The van der Waals surface area contributed by atoms with Crippen molar-refractivity contribution in [2.24, 2.45) is 0 Å². The van der Waals surface area contributed by atoms with Crippen molar-refractivity contribution in [2.45, 2.75) is 23.4 Å². The second-order valence-corrected chi connectivity index (χ2v) is 6.26. The van der Waals surface area contributed by atoms with Crippen LogP contribution in [0.5, 0.6) is 0 Å². The van der Waals surface area contributed by atoms with Crippen molar-refractivity contribution >= 4 is 29.0 Å². The molecule has 0 fully saturated rings. The van der Waals surface area contributed by atoms with Gasteiger partial charge in [0, 0.05) is 18.3 Å². The lowest BCUT2D eigenvalue weighted by Crippen LogP contribution is -2.24. The van der Waals surface area contributed by atoms with Crippen LogP contribution in [0.25, 0.3) is 0 Å². The first-order chi connectivity index (χ1) is 11.7. The Morgan fingerprint density at radius 2 is 2.04 bits per heavy atom. The molecule has 0 aliphatic carbocycles. The van der Waals surface area contributed by atoms with Crippen LogP contribution in [0.4, 0.5) is 24.5 Å². The van der Waals surface area contributed by atoms with E-state index in [1.165, 1.54) is 13.1 Å². The molecule has 0 radical (unpaired) electrons. The monoisotopic (exact) mass is 371 g/mol. The summed E-state index contributed by atoms with van der Waals surface area (Å²) in [4.78, 5) is 25.9. The van der Waals surface area contributed by atoms with E-state index >= 15 is 0 Å². The van der Waals surface area contributed by atoms with Gasteiger partial charge in [-0.2, -0.15) is 13.2 Å². The lowest BCUT2D eigenvalue weighted by molar-refractivity contribution is -0.385. The number of hydrogen-bond donors (Lipinski definition) is 1. The van der Waals surface area contributed by atoms with Gasteiger partial charge in [-0.1, -0.05) is 17.8 Å². The van der Waals surface area contributed by atoms with Crippen molar-refractivity contribution < 1.29 is 22.9 Å².